The Labute approximate surface area is 144 Å². The Hall–Kier alpha value is -2.25. The lowest BCUT2D eigenvalue weighted by atomic mass is 10.1. The SMILES string of the molecule is COc1nnc(CN2CCN(c3ccnc4ccccc34)CC2)s1. The number of aromatic nitrogens is 3. The van der Waals surface area contributed by atoms with Gasteiger partial charge in [-0.05, 0) is 12.1 Å². The third kappa shape index (κ3) is 3.05. The van der Waals surface area contributed by atoms with Crippen molar-refractivity contribution in [1.29, 1.82) is 0 Å². The Morgan fingerprint density at radius 2 is 1.92 bits per heavy atom. The number of ether oxygens (including phenoxy) is 1. The lowest BCUT2D eigenvalue weighted by molar-refractivity contribution is 0.249. The molecular formula is C17H19N5OS. The minimum Gasteiger partial charge on any atom is -0.472 e. The van der Waals surface area contributed by atoms with Crippen LogP contribution in [0.3, 0.4) is 0 Å². The minimum absolute atomic E-state index is 0.631. The fourth-order valence-electron chi connectivity index (χ4n) is 3.08. The summed E-state index contributed by atoms with van der Waals surface area (Å²) >= 11 is 1.52. The molecule has 2 aromatic heterocycles. The monoisotopic (exact) mass is 341 g/mol. The van der Waals surface area contributed by atoms with Crippen LogP contribution in [0, 0.1) is 0 Å². The molecule has 0 aliphatic carbocycles. The Kier molecular flexibility index (Phi) is 4.27. The molecule has 0 bridgehead atoms. The summed E-state index contributed by atoms with van der Waals surface area (Å²) in [5.41, 5.74) is 2.33. The van der Waals surface area contributed by atoms with E-state index in [2.05, 4.69) is 49.2 Å². The van der Waals surface area contributed by atoms with Crippen LogP contribution in [0.4, 0.5) is 5.69 Å². The fraction of sp³-hybridized carbons (Fsp3) is 0.353. The standard InChI is InChI=1S/C17H19N5OS/c1-23-17-20-19-16(24-17)12-21-8-10-22(11-9-21)15-6-7-18-14-5-3-2-4-13(14)15/h2-7H,8-12H2,1H3. The van der Waals surface area contributed by atoms with Crippen LogP contribution in [-0.4, -0.2) is 53.4 Å². The highest BCUT2D eigenvalue weighted by atomic mass is 32.1. The van der Waals surface area contributed by atoms with Gasteiger partial charge in [-0.1, -0.05) is 29.5 Å². The highest BCUT2D eigenvalue weighted by Gasteiger charge is 2.20. The molecule has 7 heteroatoms. The number of para-hydroxylation sites is 1. The molecule has 1 fully saturated rings. The quantitative estimate of drug-likeness (QED) is 0.726. The average Bonchev–Trinajstić information content (AvgIpc) is 3.09. The molecule has 24 heavy (non-hydrogen) atoms. The number of benzene rings is 1. The molecule has 1 saturated heterocycles. The summed E-state index contributed by atoms with van der Waals surface area (Å²) in [6, 6.07) is 10.4. The zero-order chi connectivity index (χ0) is 16.4. The highest BCUT2D eigenvalue weighted by molar-refractivity contribution is 7.13. The van der Waals surface area contributed by atoms with Gasteiger partial charge in [0.25, 0.3) is 5.19 Å². The van der Waals surface area contributed by atoms with Crippen LogP contribution < -0.4 is 9.64 Å². The Bertz CT molecular complexity index is 823. The van der Waals surface area contributed by atoms with Crippen molar-refractivity contribution in [2.24, 2.45) is 0 Å². The van der Waals surface area contributed by atoms with Gasteiger partial charge in [0.1, 0.15) is 5.01 Å². The Morgan fingerprint density at radius 1 is 1.08 bits per heavy atom. The molecule has 0 atom stereocenters. The number of rotatable bonds is 4. The average molecular weight is 341 g/mol. The first-order chi connectivity index (χ1) is 11.8. The number of fused-ring (bicyclic) bond motifs is 1. The van der Waals surface area contributed by atoms with Crippen LogP contribution in [0.2, 0.25) is 0 Å². The Balaban J connectivity index is 1.44. The van der Waals surface area contributed by atoms with Crippen LogP contribution in [0.25, 0.3) is 10.9 Å². The summed E-state index contributed by atoms with van der Waals surface area (Å²) in [5.74, 6) is 0. The van der Waals surface area contributed by atoms with Gasteiger partial charge in [-0.2, -0.15) is 0 Å². The van der Waals surface area contributed by atoms with Crippen molar-refractivity contribution >= 4 is 27.9 Å². The van der Waals surface area contributed by atoms with E-state index in [0.717, 1.165) is 43.2 Å². The van der Waals surface area contributed by atoms with Crippen LogP contribution in [0.5, 0.6) is 5.19 Å². The van der Waals surface area contributed by atoms with E-state index in [-0.39, 0.29) is 0 Å². The van der Waals surface area contributed by atoms with Gasteiger partial charge in [0, 0.05) is 43.4 Å². The molecule has 0 N–H and O–H groups in total. The number of piperazine rings is 1. The van der Waals surface area contributed by atoms with Crippen LogP contribution in [-0.2, 0) is 6.54 Å². The van der Waals surface area contributed by atoms with E-state index in [0.29, 0.717) is 5.19 Å². The predicted octanol–water partition coefficient (Wildman–Crippen LogP) is 2.42. The first-order valence-electron chi connectivity index (χ1n) is 8.01. The zero-order valence-electron chi connectivity index (χ0n) is 13.6. The highest BCUT2D eigenvalue weighted by Crippen LogP contribution is 2.26. The number of anilines is 1. The maximum absolute atomic E-state index is 5.11. The van der Waals surface area contributed by atoms with Crippen molar-refractivity contribution in [3.63, 3.8) is 0 Å². The van der Waals surface area contributed by atoms with Crippen molar-refractivity contribution < 1.29 is 4.74 Å². The topological polar surface area (TPSA) is 54.4 Å². The van der Waals surface area contributed by atoms with Gasteiger partial charge in [-0.15, -0.1) is 10.2 Å². The molecular weight excluding hydrogens is 322 g/mol. The van der Waals surface area contributed by atoms with E-state index in [4.69, 9.17) is 4.74 Å². The van der Waals surface area contributed by atoms with E-state index in [1.54, 1.807) is 7.11 Å². The second kappa shape index (κ2) is 6.70. The second-order valence-electron chi connectivity index (χ2n) is 5.78. The number of pyridine rings is 1. The molecule has 3 heterocycles. The molecule has 0 unspecified atom stereocenters. The Morgan fingerprint density at radius 3 is 2.71 bits per heavy atom. The smallest absolute Gasteiger partial charge is 0.293 e. The van der Waals surface area contributed by atoms with Gasteiger partial charge in [-0.25, -0.2) is 0 Å². The summed E-state index contributed by atoms with van der Waals surface area (Å²) in [6.07, 6.45) is 1.90. The molecule has 0 saturated carbocycles. The number of methoxy groups -OCH3 is 1. The van der Waals surface area contributed by atoms with E-state index in [1.165, 1.54) is 22.4 Å². The number of hydrogen-bond acceptors (Lipinski definition) is 7. The molecule has 6 nitrogen and oxygen atoms in total. The molecule has 1 aliphatic rings. The summed E-state index contributed by atoms with van der Waals surface area (Å²) < 4.78 is 5.11. The molecule has 124 valence electrons. The van der Waals surface area contributed by atoms with E-state index in [9.17, 15) is 0 Å². The molecule has 0 spiro atoms. The second-order valence-corrected chi connectivity index (χ2v) is 6.80. The molecule has 1 aliphatic heterocycles. The summed E-state index contributed by atoms with van der Waals surface area (Å²) in [4.78, 5) is 9.32. The maximum atomic E-state index is 5.11. The fourth-order valence-corrected chi connectivity index (χ4v) is 3.77. The molecule has 3 aromatic rings. The van der Waals surface area contributed by atoms with Crippen LogP contribution >= 0.6 is 11.3 Å². The predicted molar refractivity (Wildman–Crippen MR) is 95.7 cm³/mol. The minimum atomic E-state index is 0.631. The lowest BCUT2D eigenvalue weighted by Crippen LogP contribution is -2.46. The maximum Gasteiger partial charge on any atom is 0.293 e. The van der Waals surface area contributed by atoms with Crippen molar-refractivity contribution in [3.05, 3.63) is 41.5 Å². The van der Waals surface area contributed by atoms with E-state index >= 15 is 0 Å². The van der Waals surface area contributed by atoms with E-state index < -0.39 is 0 Å². The largest absolute Gasteiger partial charge is 0.472 e. The van der Waals surface area contributed by atoms with Crippen LogP contribution in [0.15, 0.2) is 36.5 Å². The van der Waals surface area contributed by atoms with Gasteiger partial charge in [-0.3, -0.25) is 9.88 Å². The lowest BCUT2D eigenvalue weighted by Gasteiger charge is -2.36. The van der Waals surface area contributed by atoms with Gasteiger partial charge >= 0.3 is 0 Å². The van der Waals surface area contributed by atoms with E-state index in [1.807, 2.05) is 12.3 Å². The van der Waals surface area contributed by atoms with Gasteiger partial charge in [0.2, 0.25) is 0 Å². The van der Waals surface area contributed by atoms with Crippen molar-refractivity contribution in [2.75, 3.05) is 38.2 Å². The van der Waals surface area contributed by atoms with Crippen molar-refractivity contribution in [3.8, 4) is 5.19 Å². The first kappa shape index (κ1) is 15.3. The summed E-state index contributed by atoms with van der Waals surface area (Å²) in [6.45, 7) is 4.87. The zero-order valence-corrected chi connectivity index (χ0v) is 14.4. The normalized spacial score (nSPS) is 15.8. The summed E-state index contributed by atoms with van der Waals surface area (Å²) in [7, 11) is 1.63. The van der Waals surface area contributed by atoms with Crippen molar-refractivity contribution in [2.45, 2.75) is 6.54 Å². The molecule has 0 radical (unpaired) electrons. The number of hydrogen-bond donors (Lipinski definition) is 0. The van der Waals surface area contributed by atoms with Crippen molar-refractivity contribution in [1.82, 2.24) is 20.1 Å². The third-order valence-electron chi connectivity index (χ3n) is 4.32. The molecule has 1 aromatic carbocycles. The van der Waals surface area contributed by atoms with Crippen LogP contribution in [0.1, 0.15) is 5.01 Å². The number of nitrogens with zero attached hydrogens (tertiary/aromatic N) is 5. The molecule has 4 rings (SSSR count). The first-order valence-corrected chi connectivity index (χ1v) is 8.82. The van der Waals surface area contributed by atoms with Gasteiger partial charge in [0.15, 0.2) is 0 Å². The summed E-state index contributed by atoms with van der Waals surface area (Å²) in [5, 5.41) is 11.0. The third-order valence-corrected chi connectivity index (χ3v) is 5.19. The van der Waals surface area contributed by atoms with Gasteiger partial charge < -0.3 is 9.64 Å². The van der Waals surface area contributed by atoms with Gasteiger partial charge in [0.05, 0.1) is 19.2 Å². The molecule has 0 amide bonds.